The van der Waals surface area contributed by atoms with Gasteiger partial charge >= 0.3 is 5.69 Å². The molecule has 156 valence electrons. The Labute approximate surface area is 174 Å². The molecule has 0 bridgehead atoms. The lowest BCUT2D eigenvalue weighted by atomic mass is 10.1. The molecule has 0 saturated carbocycles. The number of benzene rings is 2. The third-order valence-electron chi connectivity index (χ3n) is 5.22. The first kappa shape index (κ1) is 20.0. The summed E-state index contributed by atoms with van der Waals surface area (Å²) in [6.45, 7) is 1.52. The van der Waals surface area contributed by atoms with Gasteiger partial charge in [-0.2, -0.15) is 0 Å². The Morgan fingerprint density at radius 2 is 1.80 bits per heavy atom. The van der Waals surface area contributed by atoms with E-state index in [1.165, 1.54) is 0 Å². The normalized spacial score (nSPS) is 12.4. The van der Waals surface area contributed by atoms with Crippen LogP contribution >= 0.6 is 0 Å². The molecule has 2 aromatic carbocycles. The minimum Gasteiger partial charge on any atom is -0.491 e. The van der Waals surface area contributed by atoms with Crippen molar-refractivity contribution in [1.82, 2.24) is 14.5 Å². The number of fused-ring (bicyclic) bond motifs is 1. The van der Waals surface area contributed by atoms with Crippen molar-refractivity contribution in [2.24, 2.45) is 14.1 Å². The van der Waals surface area contributed by atoms with Crippen molar-refractivity contribution in [2.45, 2.75) is 19.2 Å². The van der Waals surface area contributed by atoms with Crippen molar-refractivity contribution in [3.63, 3.8) is 0 Å². The standard InChI is InChI=1S/C23H25N3O4/c1-25-20-10-7-17(12-21(20)26(2)23(25)28)22(27)15-30-18-8-5-16(6-9-18)13-24-14-19-4-3-11-29-19/h3-12,22,24,27H,13-15H2,1-2H3. The van der Waals surface area contributed by atoms with Gasteiger partial charge in [0.15, 0.2) is 0 Å². The van der Waals surface area contributed by atoms with Crippen LogP contribution in [-0.4, -0.2) is 20.8 Å². The molecule has 0 amide bonds. The Kier molecular flexibility index (Phi) is 5.74. The summed E-state index contributed by atoms with van der Waals surface area (Å²) in [4.78, 5) is 12.1. The van der Waals surface area contributed by atoms with Crippen LogP contribution in [0.25, 0.3) is 11.0 Å². The molecule has 0 spiro atoms. The maximum absolute atomic E-state index is 12.1. The third kappa shape index (κ3) is 4.17. The molecule has 0 radical (unpaired) electrons. The summed E-state index contributed by atoms with van der Waals surface area (Å²) in [6, 6.07) is 17.1. The number of aliphatic hydroxyl groups is 1. The fourth-order valence-electron chi connectivity index (χ4n) is 3.45. The Bertz CT molecular complexity index is 1170. The van der Waals surface area contributed by atoms with Crippen molar-refractivity contribution in [3.8, 4) is 5.75 Å². The zero-order valence-electron chi connectivity index (χ0n) is 17.0. The highest BCUT2D eigenvalue weighted by Gasteiger charge is 2.13. The smallest absolute Gasteiger partial charge is 0.328 e. The lowest BCUT2D eigenvalue weighted by Gasteiger charge is -2.13. The van der Waals surface area contributed by atoms with Crippen LogP contribution in [0.15, 0.2) is 70.1 Å². The predicted octanol–water partition coefficient (Wildman–Crippen LogP) is 2.87. The van der Waals surface area contributed by atoms with Crippen molar-refractivity contribution in [3.05, 3.63) is 88.2 Å². The molecule has 30 heavy (non-hydrogen) atoms. The van der Waals surface area contributed by atoms with E-state index >= 15 is 0 Å². The molecule has 2 N–H and O–H groups in total. The van der Waals surface area contributed by atoms with Crippen LogP contribution in [0.2, 0.25) is 0 Å². The number of furan rings is 1. The molecule has 0 aliphatic carbocycles. The van der Waals surface area contributed by atoms with Gasteiger partial charge < -0.3 is 19.6 Å². The lowest BCUT2D eigenvalue weighted by Crippen LogP contribution is -2.19. The highest BCUT2D eigenvalue weighted by Crippen LogP contribution is 2.21. The second kappa shape index (κ2) is 8.61. The van der Waals surface area contributed by atoms with Crippen LogP contribution in [-0.2, 0) is 27.2 Å². The fraction of sp³-hybridized carbons (Fsp3) is 0.261. The molecule has 1 unspecified atom stereocenters. The van der Waals surface area contributed by atoms with Gasteiger partial charge in [-0.1, -0.05) is 18.2 Å². The zero-order valence-corrected chi connectivity index (χ0v) is 17.0. The van der Waals surface area contributed by atoms with Crippen LogP contribution in [0.3, 0.4) is 0 Å². The summed E-state index contributed by atoms with van der Waals surface area (Å²) in [6.07, 6.45) is 0.871. The van der Waals surface area contributed by atoms with Crippen LogP contribution in [0, 0.1) is 0 Å². The summed E-state index contributed by atoms with van der Waals surface area (Å²) in [5, 5.41) is 13.9. The minimum absolute atomic E-state index is 0.0911. The van der Waals surface area contributed by atoms with Gasteiger partial charge in [0, 0.05) is 20.6 Å². The van der Waals surface area contributed by atoms with Gasteiger partial charge in [0.2, 0.25) is 0 Å². The maximum Gasteiger partial charge on any atom is 0.328 e. The summed E-state index contributed by atoms with van der Waals surface area (Å²) in [7, 11) is 3.46. The molecule has 2 heterocycles. The molecule has 2 aromatic heterocycles. The second-order valence-corrected chi connectivity index (χ2v) is 7.30. The van der Waals surface area contributed by atoms with Crippen molar-refractivity contribution in [2.75, 3.05) is 6.61 Å². The number of aliphatic hydroxyl groups excluding tert-OH is 1. The topological polar surface area (TPSA) is 81.6 Å². The zero-order chi connectivity index (χ0) is 21.1. The Hall–Kier alpha value is -3.29. The molecular formula is C23H25N3O4. The van der Waals surface area contributed by atoms with Crippen LogP contribution in [0.4, 0.5) is 0 Å². The summed E-state index contributed by atoms with van der Waals surface area (Å²) < 4.78 is 14.2. The van der Waals surface area contributed by atoms with E-state index in [1.807, 2.05) is 54.6 Å². The van der Waals surface area contributed by atoms with Crippen LogP contribution in [0.1, 0.15) is 23.0 Å². The number of rotatable bonds is 8. The van der Waals surface area contributed by atoms with Crippen LogP contribution < -0.4 is 15.7 Å². The van der Waals surface area contributed by atoms with Crippen molar-refractivity contribution in [1.29, 1.82) is 0 Å². The van der Waals surface area contributed by atoms with Gasteiger partial charge in [-0.15, -0.1) is 0 Å². The van der Waals surface area contributed by atoms with E-state index < -0.39 is 6.10 Å². The van der Waals surface area contributed by atoms with E-state index in [4.69, 9.17) is 9.15 Å². The molecule has 0 aliphatic heterocycles. The average molecular weight is 407 g/mol. The minimum atomic E-state index is -0.792. The van der Waals surface area contributed by atoms with Gasteiger partial charge in [-0.25, -0.2) is 4.79 Å². The first-order valence-electron chi connectivity index (χ1n) is 9.81. The van der Waals surface area contributed by atoms with Gasteiger partial charge in [-0.3, -0.25) is 9.13 Å². The summed E-state index contributed by atoms with van der Waals surface area (Å²) in [5.41, 5.74) is 3.36. The first-order valence-corrected chi connectivity index (χ1v) is 9.81. The third-order valence-corrected chi connectivity index (χ3v) is 5.22. The van der Waals surface area contributed by atoms with E-state index in [2.05, 4.69) is 5.32 Å². The lowest BCUT2D eigenvalue weighted by molar-refractivity contribution is 0.108. The molecule has 7 heteroatoms. The Balaban J connectivity index is 1.33. The van der Waals surface area contributed by atoms with Gasteiger partial charge in [0.1, 0.15) is 24.2 Å². The molecule has 4 rings (SSSR count). The average Bonchev–Trinajstić information content (AvgIpc) is 3.36. The number of ether oxygens (including phenoxy) is 1. The van der Waals surface area contributed by atoms with E-state index in [0.717, 1.165) is 28.9 Å². The van der Waals surface area contributed by atoms with E-state index in [9.17, 15) is 9.90 Å². The second-order valence-electron chi connectivity index (χ2n) is 7.30. The number of hydrogen-bond acceptors (Lipinski definition) is 5. The predicted molar refractivity (Wildman–Crippen MR) is 114 cm³/mol. The molecule has 4 aromatic rings. The first-order chi connectivity index (χ1) is 14.5. The molecule has 1 atom stereocenters. The van der Waals surface area contributed by atoms with Crippen molar-refractivity contribution >= 4 is 11.0 Å². The number of imidazole rings is 1. The highest BCUT2D eigenvalue weighted by molar-refractivity contribution is 5.76. The summed E-state index contributed by atoms with van der Waals surface area (Å²) >= 11 is 0. The largest absolute Gasteiger partial charge is 0.491 e. The fourth-order valence-corrected chi connectivity index (χ4v) is 3.45. The summed E-state index contributed by atoms with van der Waals surface area (Å²) in [5.74, 6) is 1.59. The Morgan fingerprint density at radius 1 is 1.03 bits per heavy atom. The monoisotopic (exact) mass is 407 g/mol. The SMILES string of the molecule is Cn1c(=O)n(C)c2cc(C(O)COc3ccc(CNCc4ccco4)cc3)ccc21. The molecule has 0 saturated heterocycles. The number of aryl methyl sites for hydroxylation is 2. The maximum atomic E-state index is 12.1. The molecule has 0 aliphatic rings. The molecular weight excluding hydrogens is 382 g/mol. The van der Waals surface area contributed by atoms with Gasteiger partial charge in [0.25, 0.3) is 0 Å². The molecule has 7 nitrogen and oxygen atoms in total. The quantitative estimate of drug-likeness (QED) is 0.469. The van der Waals surface area contributed by atoms with Gasteiger partial charge in [-0.05, 0) is 47.5 Å². The van der Waals surface area contributed by atoms with E-state index in [0.29, 0.717) is 17.9 Å². The highest BCUT2D eigenvalue weighted by atomic mass is 16.5. The van der Waals surface area contributed by atoms with Crippen molar-refractivity contribution < 1.29 is 14.3 Å². The molecule has 0 fully saturated rings. The number of nitrogens with zero attached hydrogens (tertiary/aromatic N) is 2. The number of nitrogens with one attached hydrogen (secondary N) is 1. The van der Waals surface area contributed by atoms with Crippen LogP contribution in [0.5, 0.6) is 5.75 Å². The van der Waals surface area contributed by atoms with E-state index in [-0.39, 0.29) is 12.3 Å². The van der Waals surface area contributed by atoms with E-state index in [1.54, 1.807) is 29.5 Å². The van der Waals surface area contributed by atoms with Gasteiger partial charge in [0.05, 0.1) is 23.8 Å². The number of hydrogen-bond donors (Lipinski definition) is 2. The Morgan fingerprint density at radius 3 is 2.53 bits per heavy atom. The number of aromatic nitrogens is 2.